The molecule has 1 aliphatic carbocycles. The number of hydrogen-bond acceptors (Lipinski definition) is 5. The number of benzene rings is 1. The summed E-state index contributed by atoms with van der Waals surface area (Å²) in [5.41, 5.74) is 0.234. The molecule has 1 aromatic carbocycles. The fraction of sp³-hybridized carbons (Fsp3) is 0.625. The van der Waals surface area contributed by atoms with Crippen molar-refractivity contribution in [3.05, 3.63) is 29.6 Å². The molecule has 1 saturated heterocycles. The molecule has 2 atom stereocenters. The van der Waals surface area contributed by atoms with Crippen LogP contribution in [-0.2, 0) is 19.7 Å². The number of rotatable bonds is 4. The monoisotopic (exact) mass is 375 g/mol. The van der Waals surface area contributed by atoms with Crippen LogP contribution in [0.5, 0.6) is 0 Å². The lowest BCUT2D eigenvalue weighted by Crippen LogP contribution is -2.47. The summed E-state index contributed by atoms with van der Waals surface area (Å²) >= 11 is 0. The zero-order valence-corrected chi connectivity index (χ0v) is 15.2. The molecule has 1 N–H and O–H groups in total. The van der Waals surface area contributed by atoms with E-state index in [0.29, 0.717) is 0 Å². The lowest BCUT2D eigenvalue weighted by atomic mass is 10.2. The van der Waals surface area contributed by atoms with Crippen molar-refractivity contribution in [2.45, 2.75) is 54.8 Å². The van der Waals surface area contributed by atoms with Gasteiger partial charge >= 0.3 is 0 Å². The van der Waals surface area contributed by atoms with Crippen molar-refractivity contribution in [1.82, 2.24) is 5.32 Å². The highest BCUT2D eigenvalue weighted by Gasteiger charge is 2.46. The molecule has 1 saturated carbocycles. The third kappa shape index (κ3) is 3.50. The van der Waals surface area contributed by atoms with Crippen molar-refractivity contribution in [2.24, 2.45) is 0 Å². The molecule has 24 heavy (non-hydrogen) atoms. The zero-order valence-electron chi connectivity index (χ0n) is 13.5. The van der Waals surface area contributed by atoms with Gasteiger partial charge in [0.15, 0.2) is 19.7 Å². The van der Waals surface area contributed by atoms with E-state index in [2.05, 4.69) is 5.32 Å². The van der Waals surface area contributed by atoms with Gasteiger partial charge in [-0.2, -0.15) is 0 Å². The number of hydrogen-bond donors (Lipinski definition) is 1. The summed E-state index contributed by atoms with van der Waals surface area (Å²) in [6.07, 6.45) is 4.04. The molecule has 0 amide bonds. The van der Waals surface area contributed by atoms with Gasteiger partial charge in [0.1, 0.15) is 5.82 Å². The molecule has 0 spiro atoms. The summed E-state index contributed by atoms with van der Waals surface area (Å²) in [5, 5.41) is 2.23. The van der Waals surface area contributed by atoms with Gasteiger partial charge < -0.3 is 5.32 Å². The van der Waals surface area contributed by atoms with Crippen LogP contribution in [-0.4, -0.2) is 45.7 Å². The Labute approximate surface area is 142 Å². The highest BCUT2D eigenvalue weighted by molar-refractivity contribution is 7.96. The van der Waals surface area contributed by atoms with E-state index in [1.165, 1.54) is 19.1 Å². The largest absolute Gasteiger partial charge is 0.309 e. The second-order valence-electron chi connectivity index (χ2n) is 6.83. The standard InChI is InChI=1S/C16H22FNO4S2/c1-11-8-13(6-7-14(11)17)24(21,22)16-10-23(19,20)9-15(16)18-12-4-2-3-5-12/h6-8,12,15-16,18H,2-5,9-10H2,1H3. The van der Waals surface area contributed by atoms with Gasteiger partial charge in [-0.1, -0.05) is 12.8 Å². The third-order valence-electron chi connectivity index (χ3n) is 4.96. The van der Waals surface area contributed by atoms with Crippen LogP contribution in [0, 0.1) is 12.7 Å². The number of sulfone groups is 2. The second-order valence-corrected chi connectivity index (χ2v) is 11.1. The maximum Gasteiger partial charge on any atom is 0.183 e. The lowest BCUT2D eigenvalue weighted by molar-refractivity contribution is 0.449. The number of halogens is 1. The van der Waals surface area contributed by atoms with Crippen molar-refractivity contribution >= 4 is 19.7 Å². The molecule has 0 bridgehead atoms. The Bertz CT molecular complexity index is 830. The van der Waals surface area contributed by atoms with Gasteiger partial charge in [0, 0.05) is 12.1 Å². The fourth-order valence-electron chi connectivity index (χ4n) is 3.64. The molecule has 3 rings (SSSR count). The van der Waals surface area contributed by atoms with E-state index in [0.717, 1.165) is 31.7 Å². The third-order valence-corrected chi connectivity index (χ3v) is 9.11. The summed E-state index contributed by atoms with van der Waals surface area (Å²) in [4.78, 5) is -0.0123. The molecule has 134 valence electrons. The Hall–Kier alpha value is -0.990. The van der Waals surface area contributed by atoms with Crippen LogP contribution < -0.4 is 5.32 Å². The predicted molar refractivity (Wildman–Crippen MR) is 89.9 cm³/mol. The highest BCUT2D eigenvalue weighted by Crippen LogP contribution is 2.29. The Morgan fingerprint density at radius 1 is 1.17 bits per heavy atom. The predicted octanol–water partition coefficient (Wildman–Crippen LogP) is 1.61. The summed E-state index contributed by atoms with van der Waals surface area (Å²) < 4.78 is 63.4. The van der Waals surface area contributed by atoms with Crippen LogP contribution >= 0.6 is 0 Å². The summed E-state index contributed by atoms with van der Waals surface area (Å²) in [5.74, 6) is -1.02. The van der Waals surface area contributed by atoms with Gasteiger partial charge in [-0.25, -0.2) is 21.2 Å². The quantitative estimate of drug-likeness (QED) is 0.809. The fourth-order valence-corrected chi connectivity index (χ4v) is 8.40. The molecule has 2 fully saturated rings. The van der Waals surface area contributed by atoms with Crippen LogP contribution in [0.1, 0.15) is 31.2 Å². The van der Waals surface area contributed by atoms with E-state index in [4.69, 9.17) is 0 Å². The second kappa shape index (κ2) is 6.38. The Kier molecular flexibility index (Phi) is 4.74. The molecule has 1 heterocycles. The van der Waals surface area contributed by atoms with Crippen LogP contribution in [0.25, 0.3) is 0 Å². The molecular formula is C16H22FNO4S2. The first kappa shape index (κ1) is 17.8. The molecule has 5 nitrogen and oxygen atoms in total. The Balaban J connectivity index is 1.92. The Morgan fingerprint density at radius 2 is 1.83 bits per heavy atom. The van der Waals surface area contributed by atoms with Crippen molar-refractivity contribution in [2.75, 3.05) is 11.5 Å². The zero-order chi connectivity index (χ0) is 17.5. The molecule has 1 aliphatic heterocycles. The minimum absolute atomic E-state index is 0.0123. The first-order valence-electron chi connectivity index (χ1n) is 8.15. The Morgan fingerprint density at radius 3 is 2.46 bits per heavy atom. The summed E-state index contributed by atoms with van der Waals surface area (Å²) in [6, 6.07) is 3.19. The molecule has 0 radical (unpaired) electrons. The number of nitrogens with one attached hydrogen (secondary N) is 1. The maximum absolute atomic E-state index is 13.4. The van der Waals surface area contributed by atoms with Crippen molar-refractivity contribution in [1.29, 1.82) is 0 Å². The smallest absolute Gasteiger partial charge is 0.183 e. The van der Waals surface area contributed by atoms with E-state index in [9.17, 15) is 21.2 Å². The van der Waals surface area contributed by atoms with Gasteiger partial charge in [0.05, 0.1) is 21.7 Å². The molecular weight excluding hydrogens is 353 g/mol. The maximum atomic E-state index is 13.4. The molecule has 0 aromatic heterocycles. The molecule has 2 aliphatic rings. The SMILES string of the molecule is Cc1cc(S(=O)(=O)C2CS(=O)(=O)CC2NC2CCCC2)ccc1F. The molecule has 2 unspecified atom stereocenters. The van der Waals surface area contributed by atoms with Crippen LogP contribution in [0.15, 0.2) is 23.1 Å². The van der Waals surface area contributed by atoms with E-state index >= 15 is 0 Å². The van der Waals surface area contributed by atoms with Gasteiger partial charge in [-0.3, -0.25) is 0 Å². The van der Waals surface area contributed by atoms with Crippen LogP contribution in [0.2, 0.25) is 0 Å². The van der Waals surface area contributed by atoms with E-state index < -0.39 is 36.8 Å². The average Bonchev–Trinajstić information content (AvgIpc) is 3.09. The first-order valence-corrected chi connectivity index (χ1v) is 11.5. The van der Waals surface area contributed by atoms with Gasteiger partial charge in [-0.15, -0.1) is 0 Å². The minimum atomic E-state index is -3.85. The summed E-state index contributed by atoms with van der Waals surface area (Å²) in [6.45, 7) is 1.49. The van der Waals surface area contributed by atoms with Gasteiger partial charge in [0.2, 0.25) is 0 Å². The van der Waals surface area contributed by atoms with E-state index in [1.807, 2.05) is 0 Å². The van der Waals surface area contributed by atoms with Crippen LogP contribution in [0.3, 0.4) is 0 Å². The van der Waals surface area contributed by atoms with Crippen molar-refractivity contribution in [3.63, 3.8) is 0 Å². The number of aryl methyl sites for hydroxylation is 1. The van der Waals surface area contributed by atoms with Crippen molar-refractivity contribution in [3.8, 4) is 0 Å². The first-order chi connectivity index (χ1) is 11.2. The normalized spacial score (nSPS) is 27.6. The van der Waals surface area contributed by atoms with E-state index in [1.54, 1.807) is 0 Å². The highest BCUT2D eigenvalue weighted by atomic mass is 32.2. The van der Waals surface area contributed by atoms with Gasteiger partial charge in [-0.05, 0) is 43.5 Å². The lowest BCUT2D eigenvalue weighted by Gasteiger charge is -2.23. The van der Waals surface area contributed by atoms with Gasteiger partial charge in [0.25, 0.3) is 0 Å². The van der Waals surface area contributed by atoms with E-state index in [-0.39, 0.29) is 28.0 Å². The van der Waals surface area contributed by atoms with Crippen LogP contribution in [0.4, 0.5) is 4.39 Å². The topological polar surface area (TPSA) is 80.3 Å². The molecule has 1 aromatic rings. The van der Waals surface area contributed by atoms with Crippen molar-refractivity contribution < 1.29 is 21.2 Å². The summed E-state index contributed by atoms with van der Waals surface area (Å²) in [7, 11) is -7.26. The average molecular weight is 375 g/mol. The minimum Gasteiger partial charge on any atom is -0.309 e. The molecule has 8 heteroatoms.